The summed E-state index contributed by atoms with van der Waals surface area (Å²) in [5.74, 6) is -1.49. The smallest absolute Gasteiger partial charge is 0.398 e. The second kappa shape index (κ2) is 5.94. The maximum Gasteiger partial charge on any atom is 0.405 e. The van der Waals surface area contributed by atoms with Gasteiger partial charge in [0.1, 0.15) is 12.4 Å². The fraction of sp³-hybridized carbons (Fsp3) is 0.300. The van der Waals surface area contributed by atoms with E-state index in [1.54, 1.807) is 5.32 Å². The van der Waals surface area contributed by atoms with E-state index in [4.69, 9.17) is 5.73 Å². The lowest BCUT2D eigenvalue weighted by Gasteiger charge is -2.08. The number of benzene rings is 1. The Bertz CT molecular complexity index is 436. The molecule has 0 spiro atoms. The van der Waals surface area contributed by atoms with Crippen LogP contribution in [-0.2, 0) is 4.79 Å². The predicted molar refractivity (Wildman–Crippen MR) is 60.6 cm³/mol. The molecule has 0 unspecified atom stereocenters. The molecule has 3 N–H and O–H groups in total. The van der Waals surface area contributed by atoms with E-state index in [2.05, 4.69) is 0 Å². The van der Waals surface area contributed by atoms with Crippen LogP contribution in [0, 0.1) is 5.82 Å². The number of carbonyl (C=O) groups excluding carboxylic acids is 1. The van der Waals surface area contributed by atoms with Gasteiger partial charge in [-0.1, -0.05) is 0 Å². The maximum atomic E-state index is 12.7. The zero-order valence-corrected chi connectivity index (χ0v) is 9.87. The highest BCUT2D eigenvalue weighted by molar-refractivity contribution is 8.00. The largest absolute Gasteiger partial charge is 0.405 e. The van der Waals surface area contributed by atoms with Crippen LogP contribution in [0.25, 0.3) is 0 Å². The summed E-state index contributed by atoms with van der Waals surface area (Å²) in [5, 5.41) is 1.72. The molecule has 0 saturated carbocycles. The lowest BCUT2D eigenvalue weighted by molar-refractivity contribution is -0.136. The molecule has 0 saturated heterocycles. The number of nitrogens with one attached hydrogen (secondary N) is 1. The summed E-state index contributed by atoms with van der Waals surface area (Å²) in [6.07, 6.45) is -4.44. The van der Waals surface area contributed by atoms with Crippen molar-refractivity contribution in [3.63, 3.8) is 0 Å². The van der Waals surface area contributed by atoms with E-state index in [0.29, 0.717) is 4.90 Å². The van der Waals surface area contributed by atoms with Crippen LogP contribution in [0.1, 0.15) is 0 Å². The van der Waals surface area contributed by atoms with Crippen LogP contribution in [0.3, 0.4) is 0 Å². The standard InChI is InChI=1S/C10H10F4N2OS/c11-6-1-2-8(7(15)3-6)18-4-9(17)16-5-10(12,13)14/h1-3H,4-5,15H2,(H,16,17). The van der Waals surface area contributed by atoms with Crippen LogP contribution in [-0.4, -0.2) is 24.4 Å². The number of carbonyl (C=O) groups is 1. The summed E-state index contributed by atoms with van der Waals surface area (Å²) < 4.78 is 48.1. The molecule has 3 nitrogen and oxygen atoms in total. The van der Waals surface area contributed by atoms with Gasteiger partial charge in [-0.05, 0) is 18.2 Å². The molecule has 100 valence electrons. The highest BCUT2D eigenvalue weighted by Gasteiger charge is 2.27. The Morgan fingerprint density at radius 2 is 2.06 bits per heavy atom. The highest BCUT2D eigenvalue weighted by atomic mass is 32.2. The van der Waals surface area contributed by atoms with E-state index < -0.39 is 24.4 Å². The van der Waals surface area contributed by atoms with Gasteiger partial charge in [0.15, 0.2) is 0 Å². The zero-order chi connectivity index (χ0) is 13.8. The Hall–Kier alpha value is -1.44. The number of alkyl halides is 3. The lowest BCUT2D eigenvalue weighted by Crippen LogP contribution is -2.34. The van der Waals surface area contributed by atoms with Crippen LogP contribution in [0.2, 0.25) is 0 Å². The number of anilines is 1. The summed E-state index contributed by atoms with van der Waals surface area (Å²) in [6.45, 7) is -1.37. The average molecular weight is 282 g/mol. The van der Waals surface area contributed by atoms with Crippen LogP contribution < -0.4 is 11.1 Å². The van der Waals surface area contributed by atoms with E-state index in [1.165, 1.54) is 6.07 Å². The van der Waals surface area contributed by atoms with Crippen molar-refractivity contribution in [2.45, 2.75) is 11.1 Å². The maximum absolute atomic E-state index is 12.7. The van der Waals surface area contributed by atoms with Gasteiger partial charge in [0.25, 0.3) is 0 Å². The number of rotatable bonds is 4. The Labute approximate surface area is 105 Å². The zero-order valence-electron chi connectivity index (χ0n) is 9.05. The lowest BCUT2D eigenvalue weighted by atomic mass is 10.3. The van der Waals surface area contributed by atoms with Crippen molar-refractivity contribution in [2.24, 2.45) is 0 Å². The van der Waals surface area contributed by atoms with Crippen LogP contribution in [0.15, 0.2) is 23.1 Å². The van der Waals surface area contributed by atoms with E-state index in [-0.39, 0.29) is 11.4 Å². The first-order chi connectivity index (χ1) is 8.28. The van der Waals surface area contributed by atoms with E-state index in [9.17, 15) is 22.4 Å². The number of amides is 1. The minimum atomic E-state index is -4.44. The number of nitrogen functional groups attached to an aromatic ring is 1. The molecule has 0 radical (unpaired) electrons. The summed E-state index contributed by atoms with van der Waals surface area (Å²) >= 11 is 0.943. The molecule has 0 aliphatic rings. The molecule has 1 aromatic carbocycles. The van der Waals surface area contributed by atoms with Crippen molar-refractivity contribution in [3.05, 3.63) is 24.0 Å². The molecular weight excluding hydrogens is 272 g/mol. The molecule has 18 heavy (non-hydrogen) atoms. The molecular formula is C10H10F4N2OS. The SMILES string of the molecule is Nc1cc(F)ccc1SCC(=O)NCC(F)(F)F. The molecule has 0 aliphatic carbocycles. The van der Waals surface area contributed by atoms with Crippen molar-refractivity contribution in [1.82, 2.24) is 5.32 Å². The number of thioether (sulfide) groups is 1. The average Bonchev–Trinajstić information content (AvgIpc) is 2.24. The number of hydrogen-bond donors (Lipinski definition) is 2. The molecule has 0 aromatic heterocycles. The summed E-state index contributed by atoms with van der Waals surface area (Å²) in [5.41, 5.74) is 5.62. The molecule has 0 bridgehead atoms. The van der Waals surface area contributed by atoms with Gasteiger partial charge < -0.3 is 11.1 Å². The molecule has 1 rings (SSSR count). The van der Waals surface area contributed by atoms with Gasteiger partial charge in [0, 0.05) is 10.6 Å². The second-order valence-electron chi connectivity index (χ2n) is 3.36. The van der Waals surface area contributed by atoms with Crippen molar-refractivity contribution in [1.29, 1.82) is 0 Å². The first kappa shape index (κ1) is 14.6. The van der Waals surface area contributed by atoms with Gasteiger partial charge in [-0.15, -0.1) is 11.8 Å². The highest BCUT2D eigenvalue weighted by Crippen LogP contribution is 2.25. The third-order valence-corrected chi connectivity index (χ3v) is 2.91. The quantitative estimate of drug-likeness (QED) is 0.505. The Morgan fingerprint density at radius 3 is 2.61 bits per heavy atom. The van der Waals surface area contributed by atoms with Crippen molar-refractivity contribution < 1.29 is 22.4 Å². The van der Waals surface area contributed by atoms with E-state index in [1.807, 2.05) is 0 Å². The van der Waals surface area contributed by atoms with Gasteiger partial charge in [-0.25, -0.2) is 4.39 Å². The van der Waals surface area contributed by atoms with E-state index >= 15 is 0 Å². The van der Waals surface area contributed by atoms with Gasteiger partial charge in [0.05, 0.1) is 5.75 Å². The molecule has 0 fully saturated rings. The van der Waals surface area contributed by atoms with Crippen molar-refractivity contribution >= 4 is 23.4 Å². The number of halogens is 4. The topological polar surface area (TPSA) is 55.1 Å². The van der Waals surface area contributed by atoms with Crippen LogP contribution in [0.4, 0.5) is 23.2 Å². The predicted octanol–water partition coefficient (Wildman–Crippen LogP) is 2.18. The molecule has 8 heteroatoms. The number of hydrogen-bond acceptors (Lipinski definition) is 3. The van der Waals surface area contributed by atoms with Gasteiger partial charge in [-0.3, -0.25) is 4.79 Å². The first-order valence-corrected chi connectivity index (χ1v) is 5.78. The molecule has 0 atom stereocenters. The monoisotopic (exact) mass is 282 g/mol. The number of nitrogens with two attached hydrogens (primary N) is 1. The summed E-state index contributed by atoms with van der Waals surface area (Å²) in [6, 6.07) is 3.61. The fourth-order valence-electron chi connectivity index (χ4n) is 1.04. The Morgan fingerprint density at radius 1 is 1.39 bits per heavy atom. The van der Waals surface area contributed by atoms with Gasteiger partial charge in [0.2, 0.25) is 5.91 Å². The van der Waals surface area contributed by atoms with Gasteiger partial charge >= 0.3 is 6.18 Å². The van der Waals surface area contributed by atoms with Crippen LogP contribution >= 0.6 is 11.8 Å². The second-order valence-corrected chi connectivity index (χ2v) is 4.38. The van der Waals surface area contributed by atoms with Crippen molar-refractivity contribution in [2.75, 3.05) is 18.0 Å². The van der Waals surface area contributed by atoms with Gasteiger partial charge in [-0.2, -0.15) is 13.2 Å². The normalized spacial score (nSPS) is 11.3. The molecule has 0 heterocycles. The molecule has 0 aliphatic heterocycles. The molecule has 1 aromatic rings. The summed E-state index contributed by atoms with van der Waals surface area (Å²) in [4.78, 5) is 11.5. The van der Waals surface area contributed by atoms with Crippen LogP contribution in [0.5, 0.6) is 0 Å². The minimum absolute atomic E-state index is 0.142. The Kier molecular flexibility index (Phi) is 4.83. The summed E-state index contributed by atoms with van der Waals surface area (Å²) in [7, 11) is 0. The minimum Gasteiger partial charge on any atom is -0.398 e. The third-order valence-electron chi connectivity index (χ3n) is 1.82. The third kappa shape index (κ3) is 5.26. The fourth-order valence-corrected chi connectivity index (χ4v) is 1.82. The van der Waals surface area contributed by atoms with E-state index in [0.717, 1.165) is 23.9 Å². The Balaban J connectivity index is 2.43. The first-order valence-electron chi connectivity index (χ1n) is 4.79. The van der Waals surface area contributed by atoms with Crippen molar-refractivity contribution in [3.8, 4) is 0 Å². The molecule has 1 amide bonds.